The summed E-state index contributed by atoms with van der Waals surface area (Å²) in [6.07, 6.45) is 4.72. The minimum Gasteiger partial charge on any atom is -0.342 e. The van der Waals surface area contributed by atoms with E-state index in [4.69, 9.17) is 0 Å². The third-order valence-electron chi connectivity index (χ3n) is 3.93. The van der Waals surface area contributed by atoms with E-state index in [1.54, 1.807) is 28.6 Å². The van der Waals surface area contributed by atoms with Crippen LogP contribution >= 0.6 is 11.3 Å². The lowest BCUT2D eigenvalue weighted by Crippen LogP contribution is -2.48. The van der Waals surface area contributed by atoms with Gasteiger partial charge >= 0.3 is 0 Å². The fraction of sp³-hybridized carbons (Fsp3) is 0.375. The molecular formula is C16H18N4O2S. The molecule has 23 heavy (non-hydrogen) atoms. The van der Waals surface area contributed by atoms with Crippen molar-refractivity contribution in [3.63, 3.8) is 0 Å². The number of aryl methyl sites for hydroxylation is 1. The second kappa shape index (κ2) is 6.87. The van der Waals surface area contributed by atoms with E-state index in [1.807, 2.05) is 24.0 Å². The molecule has 0 radical (unpaired) electrons. The molecule has 1 aliphatic heterocycles. The molecular weight excluding hydrogens is 312 g/mol. The van der Waals surface area contributed by atoms with Gasteiger partial charge in [0, 0.05) is 49.0 Å². The third-order valence-corrected chi connectivity index (χ3v) is 5.14. The fourth-order valence-corrected chi connectivity index (χ4v) is 3.57. The SMILES string of the molecule is Cc1nc(-c2cccnc2)sc1CC(=O)N1CCN(C=O)CC1. The normalized spacial score (nSPS) is 14.8. The summed E-state index contributed by atoms with van der Waals surface area (Å²) < 4.78 is 0. The Balaban J connectivity index is 1.67. The minimum atomic E-state index is 0.0973. The number of rotatable bonds is 4. The minimum absolute atomic E-state index is 0.0973. The summed E-state index contributed by atoms with van der Waals surface area (Å²) in [7, 11) is 0. The van der Waals surface area contributed by atoms with Gasteiger partial charge in [0.05, 0.1) is 12.1 Å². The van der Waals surface area contributed by atoms with Gasteiger partial charge in [-0.15, -0.1) is 11.3 Å². The van der Waals surface area contributed by atoms with E-state index < -0.39 is 0 Å². The predicted octanol–water partition coefficient (Wildman–Crippen LogP) is 1.36. The molecule has 2 amide bonds. The number of hydrogen-bond acceptors (Lipinski definition) is 5. The van der Waals surface area contributed by atoms with Crippen LogP contribution in [0.3, 0.4) is 0 Å². The summed E-state index contributed by atoms with van der Waals surface area (Å²) in [5.41, 5.74) is 1.87. The van der Waals surface area contributed by atoms with E-state index >= 15 is 0 Å². The molecule has 2 aromatic heterocycles. The summed E-state index contributed by atoms with van der Waals surface area (Å²) in [6.45, 7) is 4.36. The van der Waals surface area contributed by atoms with Crippen LogP contribution < -0.4 is 0 Å². The van der Waals surface area contributed by atoms with Gasteiger partial charge in [-0.25, -0.2) is 4.98 Å². The Morgan fingerprint density at radius 3 is 2.78 bits per heavy atom. The number of hydrogen-bond donors (Lipinski definition) is 0. The van der Waals surface area contributed by atoms with Crippen molar-refractivity contribution in [2.24, 2.45) is 0 Å². The van der Waals surface area contributed by atoms with Gasteiger partial charge < -0.3 is 9.80 Å². The second-order valence-electron chi connectivity index (χ2n) is 5.47. The van der Waals surface area contributed by atoms with Crippen LogP contribution in [0.25, 0.3) is 10.6 Å². The fourth-order valence-electron chi connectivity index (χ4n) is 2.53. The molecule has 0 N–H and O–H groups in total. The molecule has 0 unspecified atom stereocenters. The van der Waals surface area contributed by atoms with Crippen molar-refractivity contribution in [3.05, 3.63) is 35.1 Å². The van der Waals surface area contributed by atoms with Crippen LogP contribution in [0, 0.1) is 6.92 Å². The quantitative estimate of drug-likeness (QED) is 0.794. The summed E-state index contributed by atoms with van der Waals surface area (Å²) in [5, 5.41) is 0.893. The number of nitrogens with zero attached hydrogens (tertiary/aromatic N) is 4. The molecule has 0 aromatic carbocycles. The smallest absolute Gasteiger partial charge is 0.228 e. The number of carbonyl (C=O) groups is 2. The average Bonchev–Trinajstić information content (AvgIpc) is 2.96. The van der Waals surface area contributed by atoms with E-state index in [2.05, 4.69) is 9.97 Å². The van der Waals surface area contributed by atoms with Gasteiger partial charge in [-0.3, -0.25) is 14.6 Å². The zero-order valence-electron chi connectivity index (χ0n) is 12.9. The molecule has 3 rings (SSSR count). The summed E-state index contributed by atoms with van der Waals surface area (Å²) in [6, 6.07) is 3.85. The van der Waals surface area contributed by atoms with Crippen molar-refractivity contribution >= 4 is 23.7 Å². The van der Waals surface area contributed by atoms with Crippen LogP contribution in [0.1, 0.15) is 10.6 Å². The monoisotopic (exact) mass is 330 g/mol. The first-order chi connectivity index (χ1) is 11.2. The van der Waals surface area contributed by atoms with Crippen molar-refractivity contribution < 1.29 is 9.59 Å². The van der Waals surface area contributed by atoms with Crippen LogP contribution in [-0.2, 0) is 16.0 Å². The van der Waals surface area contributed by atoms with Crippen molar-refractivity contribution in [2.75, 3.05) is 26.2 Å². The Hall–Kier alpha value is -2.28. The third kappa shape index (κ3) is 3.56. The Morgan fingerprint density at radius 1 is 1.35 bits per heavy atom. The van der Waals surface area contributed by atoms with Crippen molar-refractivity contribution in [1.82, 2.24) is 19.8 Å². The molecule has 0 atom stereocenters. The molecule has 6 nitrogen and oxygen atoms in total. The van der Waals surface area contributed by atoms with Gasteiger partial charge in [0.1, 0.15) is 5.01 Å². The van der Waals surface area contributed by atoms with Crippen LogP contribution in [-0.4, -0.2) is 58.3 Å². The number of piperazine rings is 1. The van der Waals surface area contributed by atoms with Gasteiger partial charge in [-0.05, 0) is 19.1 Å². The molecule has 1 aliphatic rings. The first-order valence-electron chi connectivity index (χ1n) is 7.51. The number of pyridine rings is 1. The number of amides is 2. The van der Waals surface area contributed by atoms with Crippen LogP contribution in [0.15, 0.2) is 24.5 Å². The zero-order chi connectivity index (χ0) is 16.2. The van der Waals surface area contributed by atoms with E-state index in [-0.39, 0.29) is 5.91 Å². The van der Waals surface area contributed by atoms with Crippen LogP contribution in [0.5, 0.6) is 0 Å². The number of thiazole rings is 1. The lowest BCUT2D eigenvalue weighted by Gasteiger charge is -2.32. The highest BCUT2D eigenvalue weighted by Crippen LogP contribution is 2.28. The molecule has 120 valence electrons. The highest BCUT2D eigenvalue weighted by Gasteiger charge is 2.22. The molecule has 1 saturated heterocycles. The van der Waals surface area contributed by atoms with E-state index in [0.717, 1.165) is 27.6 Å². The molecule has 1 fully saturated rings. The lowest BCUT2D eigenvalue weighted by atomic mass is 10.2. The van der Waals surface area contributed by atoms with Crippen molar-refractivity contribution in [3.8, 4) is 10.6 Å². The number of carbonyl (C=O) groups excluding carboxylic acids is 2. The Kier molecular flexibility index (Phi) is 4.66. The Labute approximate surface area is 138 Å². The van der Waals surface area contributed by atoms with Crippen LogP contribution in [0.2, 0.25) is 0 Å². The van der Waals surface area contributed by atoms with Gasteiger partial charge in [0.15, 0.2) is 0 Å². The summed E-state index contributed by atoms with van der Waals surface area (Å²) >= 11 is 1.54. The van der Waals surface area contributed by atoms with E-state index in [1.165, 1.54) is 0 Å². The summed E-state index contributed by atoms with van der Waals surface area (Å²) in [4.78, 5) is 36.3. The van der Waals surface area contributed by atoms with Gasteiger partial charge in [-0.2, -0.15) is 0 Å². The first kappa shape index (κ1) is 15.6. The van der Waals surface area contributed by atoms with Gasteiger partial charge in [-0.1, -0.05) is 0 Å². The average molecular weight is 330 g/mol. The van der Waals surface area contributed by atoms with Crippen LogP contribution in [0.4, 0.5) is 0 Å². The molecule has 0 saturated carbocycles. The first-order valence-corrected chi connectivity index (χ1v) is 8.33. The Morgan fingerprint density at radius 2 is 2.13 bits per heavy atom. The molecule has 0 spiro atoms. The second-order valence-corrected chi connectivity index (χ2v) is 6.55. The number of aromatic nitrogens is 2. The maximum Gasteiger partial charge on any atom is 0.228 e. The van der Waals surface area contributed by atoms with Crippen molar-refractivity contribution in [1.29, 1.82) is 0 Å². The van der Waals surface area contributed by atoms with Crippen molar-refractivity contribution in [2.45, 2.75) is 13.3 Å². The van der Waals surface area contributed by atoms with Gasteiger partial charge in [0.2, 0.25) is 12.3 Å². The molecule has 0 aliphatic carbocycles. The maximum absolute atomic E-state index is 12.4. The van der Waals surface area contributed by atoms with Gasteiger partial charge in [0.25, 0.3) is 0 Å². The topological polar surface area (TPSA) is 66.4 Å². The highest BCUT2D eigenvalue weighted by atomic mass is 32.1. The summed E-state index contributed by atoms with van der Waals surface area (Å²) in [5.74, 6) is 0.0973. The highest BCUT2D eigenvalue weighted by molar-refractivity contribution is 7.15. The van der Waals surface area contributed by atoms with E-state index in [0.29, 0.717) is 32.6 Å². The lowest BCUT2D eigenvalue weighted by molar-refractivity contribution is -0.134. The maximum atomic E-state index is 12.4. The Bertz CT molecular complexity index is 693. The molecule has 3 heterocycles. The molecule has 2 aromatic rings. The van der Waals surface area contributed by atoms with E-state index in [9.17, 15) is 9.59 Å². The molecule has 7 heteroatoms. The predicted molar refractivity (Wildman–Crippen MR) is 88.0 cm³/mol. The standard InChI is InChI=1S/C16H18N4O2S/c1-12-14(23-16(18-12)13-3-2-4-17-10-13)9-15(22)20-7-5-19(11-21)6-8-20/h2-4,10-11H,5-9H2,1H3. The largest absolute Gasteiger partial charge is 0.342 e. The zero-order valence-corrected chi connectivity index (χ0v) is 13.8. The molecule has 0 bridgehead atoms.